The number of hydrogen-bond donors (Lipinski definition) is 1. The predicted octanol–water partition coefficient (Wildman–Crippen LogP) is 4.21. The zero-order valence-electron chi connectivity index (χ0n) is 13.1. The Balaban J connectivity index is 1.78. The van der Waals surface area contributed by atoms with Crippen LogP contribution in [0.15, 0.2) is 84.9 Å². The van der Waals surface area contributed by atoms with Crippen LogP contribution in [0.5, 0.6) is 0 Å². The lowest BCUT2D eigenvalue weighted by Crippen LogP contribution is -2.16. The quantitative estimate of drug-likeness (QED) is 0.693. The first kappa shape index (κ1) is 15.7. The molecule has 0 bridgehead atoms. The molecule has 0 aliphatic carbocycles. The van der Waals surface area contributed by atoms with E-state index in [0.29, 0.717) is 22.4 Å². The number of benzene rings is 3. The van der Waals surface area contributed by atoms with E-state index in [1.165, 1.54) is 0 Å². The molecule has 24 heavy (non-hydrogen) atoms. The SMILES string of the molecule is O=C(CNc1ccccc1C(=O)c1ccccc1)c1ccccc1. The third-order valence-electron chi connectivity index (χ3n) is 3.74. The van der Waals surface area contributed by atoms with Crippen LogP contribution in [-0.2, 0) is 0 Å². The van der Waals surface area contributed by atoms with Gasteiger partial charge >= 0.3 is 0 Å². The second kappa shape index (κ2) is 7.38. The van der Waals surface area contributed by atoms with Gasteiger partial charge in [-0.25, -0.2) is 0 Å². The van der Waals surface area contributed by atoms with E-state index in [-0.39, 0.29) is 18.1 Å². The molecular weight excluding hydrogens is 298 g/mol. The molecule has 3 nitrogen and oxygen atoms in total. The van der Waals surface area contributed by atoms with Crippen LogP contribution in [0.4, 0.5) is 5.69 Å². The molecule has 3 heteroatoms. The van der Waals surface area contributed by atoms with E-state index in [0.717, 1.165) is 0 Å². The van der Waals surface area contributed by atoms with Gasteiger partial charge < -0.3 is 5.32 Å². The van der Waals surface area contributed by atoms with E-state index in [9.17, 15) is 9.59 Å². The first-order chi connectivity index (χ1) is 11.8. The first-order valence-electron chi connectivity index (χ1n) is 7.76. The standard InChI is InChI=1S/C21H17NO2/c23-20(16-9-3-1-4-10-16)15-22-19-14-8-7-13-18(19)21(24)17-11-5-2-6-12-17/h1-14,22H,15H2. The van der Waals surface area contributed by atoms with Gasteiger partial charge in [0.1, 0.15) is 0 Å². The van der Waals surface area contributed by atoms with Crippen molar-refractivity contribution in [2.24, 2.45) is 0 Å². The fraction of sp³-hybridized carbons (Fsp3) is 0.0476. The topological polar surface area (TPSA) is 46.2 Å². The van der Waals surface area contributed by atoms with Crippen LogP contribution >= 0.6 is 0 Å². The number of anilines is 1. The molecule has 3 aromatic rings. The molecule has 0 spiro atoms. The largest absolute Gasteiger partial charge is 0.377 e. The molecule has 0 radical (unpaired) electrons. The number of ketones is 2. The summed E-state index contributed by atoms with van der Waals surface area (Å²) in [5.74, 6) is -0.0802. The second-order valence-corrected chi connectivity index (χ2v) is 5.38. The minimum absolute atomic E-state index is 0.0161. The fourth-order valence-electron chi connectivity index (χ4n) is 2.48. The van der Waals surface area contributed by atoms with Gasteiger partial charge in [-0.2, -0.15) is 0 Å². The summed E-state index contributed by atoms with van der Waals surface area (Å²) in [4.78, 5) is 24.9. The Morgan fingerprint density at radius 2 is 1.21 bits per heavy atom. The smallest absolute Gasteiger partial charge is 0.195 e. The Morgan fingerprint density at radius 3 is 1.88 bits per heavy atom. The molecule has 0 unspecified atom stereocenters. The molecule has 0 fully saturated rings. The zero-order valence-corrected chi connectivity index (χ0v) is 13.1. The van der Waals surface area contributed by atoms with Crippen molar-refractivity contribution < 1.29 is 9.59 Å². The van der Waals surface area contributed by atoms with Gasteiger partial charge in [0.15, 0.2) is 11.6 Å². The van der Waals surface area contributed by atoms with Gasteiger partial charge in [0.25, 0.3) is 0 Å². The molecule has 1 N–H and O–H groups in total. The monoisotopic (exact) mass is 315 g/mol. The van der Waals surface area contributed by atoms with Gasteiger partial charge in [-0.1, -0.05) is 72.8 Å². The minimum atomic E-state index is -0.0640. The summed E-state index contributed by atoms with van der Waals surface area (Å²) < 4.78 is 0. The average molecular weight is 315 g/mol. The number of rotatable bonds is 6. The number of Topliss-reactive ketones (excluding diaryl/α,β-unsaturated/α-hetero) is 1. The van der Waals surface area contributed by atoms with Gasteiger partial charge in [0.2, 0.25) is 0 Å². The third kappa shape index (κ3) is 3.58. The van der Waals surface area contributed by atoms with Crippen LogP contribution in [0.1, 0.15) is 26.3 Å². The number of nitrogens with one attached hydrogen (secondary N) is 1. The van der Waals surface area contributed by atoms with Crippen LogP contribution in [-0.4, -0.2) is 18.1 Å². The Hall–Kier alpha value is -3.20. The van der Waals surface area contributed by atoms with Gasteiger partial charge in [0, 0.05) is 22.4 Å². The Kier molecular flexibility index (Phi) is 4.82. The van der Waals surface area contributed by atoms with Crippen LogP contribution in [0, 0.1) is 0 Å². The van der Waals surface area contributed by atoms with Gasteiger partial charge in [-0.3, -0.25) is 9.59 Å². The third-order valence-corrected chi connectivity index (χ3v) is 3.74. The molecule has 0 heterocycles. The molecule has 118 valence electrons. The van der Waals surface area contributed by atoms with E-state index in [1.54, 1.807) is 30.3 Å². The number of para-hydroxylation sites is 1. The van der Waals surface area contributed by atoms with Crippen molar-refractivity contribution in [1.82, 2.24) is 0 Å². The van der Waals surface area contributed by atoms with Crippen molar-refractivity contribution in [1.29, 1.82) is 0 Å². The summed E-state index contributed by atoms with van der Waals surface area (Å²) in [6, 6.07) is 25.5. The summed E-state index contributed by atoms with van der Waals surface area (Å²) in [7, 11) is 0. The fourth-order valence-corrected chi connectivity index (χ4v) is 2.48. The highest BCUT2D eigenvalue weighted by Gasteiger charge is 2.13. The van der Waals surface area contributed by atoms with Crippen molar-refractivity contribution in [2.45, 2.75) is 0 Å². The van der Waals surface area contributed by atoms with E-state index < -0.39 is 0 Å². The molecule has 0 aliphatic heterocycles. The summed E-state index contributed by atoms with van der Waals surface area (Å²) in [6.45, 7) is 0.142. The second-order valence-electron chi connectivity index (χ2n) is 5.38. The molecule has 0 saturated carbocycles. The molecule has 3 aromatic carbocycles. The maximum atomic E-state index is 12.7. The summed E-state index contributed by atoms with van der Waals surface area (Å²) >= 11 is 0. The van der Waals surface area contributed by atoms with Crippen molar-refractivity contribution >= 4 is 17.3 Å². The normalized spacial score (nSPS) is 10.2. The lowest BCUT2D eigenvalue weighted by Gasteiger charge is -2.11. The summed E-state index contributed by atoms with van der Waals surface area (Å²) in [6.07, 6.45) is 0. The lowest BCUT2D eigenvalue weighted by molar-refractivity contribution is 0.100. The Labute approximate surface area is 141 Å². The van der Waals surface area contributed by atoms with Crippen LogP contribution in [0.2, 0.25) is 0 Å². The molecular formula is C21H17NO2. The molecule has 3 rings (SSSR count). The van der Waals surface area contributed by atoms with Crippen LogP contribution in [0.3, 0.4) is 0 Å². The van der Waals surface area contributed by atoms with Crippen molar-refractivity contribution in [3.05, 3.63) is 102 Å². The summed E-state index contributed by atoms with van der Waals surface area (Å²) in [5, 5.41) is 3.09. The van der Waals surface area contributed by atoms with E-state index in [4.69, 9.17) is 0 Å². The predicted molar refractivity (Wildman–Crippen MR) is 95.6 cm³/mol. The lowest BCUT2D eigenvalue weighted by atomic mass is 10.0. The first-order valence-corrected chi connectivity index (χ1v) is 7.76. The zero-order chi connectivity index (χ0) is 16.8. The van der Waals surface area contributed by atoms with Crippen LogP contribution in [0.25, 0.3) is 0 Å². The number of carbonyl (C=O) groups is 2. The van der Waals surface area contributed by atoms with Gasteiger partial charge in [-0.15, -0.1) is 0 Å². The number of hydrogen-bond acceptors (Lipinski definition) is 3. The minimum Gasteiger partial charge on any atom is -0.377 e. The van der Waals surface area contributed by atoms with Crippen LogP contribution < -0.4 is 5.32 Å². The van der Waals surface area contributed by atoms with Gasteiger partial charge in [0.05, 0.1) is 6.54 Å². The highest BCUT2D eigenvalue weighted by atomic mass is 16.1. The molecule has 0 amide bonds. The van der Waals surface area contributed by atoms with E-state index >= 15 is 0 Å². The molecule has 0 aromatic heterocycles. The highest BCUT2D eigenvalue weighted by molar-refractivity contribution is 6.12. The molecule has 0 saturated heterocycles. The van der Waals surface area contributed by atoms with Crippen molar-refractivity contribution in [3.63, 3.8) is 0 Å². The van der Waals surface area contributed by atoms with E-state index in [1.807, 2.05) is 54.6 Å². The maximum Gasteiger partial charge on any atom is 0.195 e. The maximum absolute atomic E-state index is 12.7. The molecule has 0 atom stereocenters. The average Bonchev–Trinajstić information content (AvgIpc) is 2.67. The van der Waals surface area contributed by atoms with Crippen molar-refractivity contribution in [2.75, 3.05) is 11.9 Å². The van der Waals surface area contributed by atoms with Crippen molar-refractivity contribution in [3.8, 4) is 0 Å². The Bertz CT molecular complexity index is 842. The summed E-state index contributed by atoms with van der Waals surface area (Å²) in [5.41, 5.74) is 2.50. The van der Waals surface area contributed by atoms with Gasteiger partial charge in [-0.05, 0) is 12.1 Å². The molecule has 0 aliphatic rings. The van der Waals surface area contributed by atoms with E-state index in [2.05, 4.69) is 5.32 Å². The Morgan fingerprint density at radius 1 is 0.667 bits per heavy atom. The number of carbonyl (C=O) groups excluding carboxylic acids is 2. The highest BCUT2D eigenvalue weighted by Crippen LogP contribution is 2.19.